The second kappa shape index (κ2) is 4.87. The van der Waals surface area contributed by atoms with Gasteiger partial charge < -0.3 is 4.74 Å². The number of halogens is 1. The molecule has 0 amide bonds. The monoisotopic (exact) mass is 240 g/mol. The minimum Gasteiger partial charge on any atom is -0.496 e. The van der Waals surface area contributed by atoms with Crippen LogP contribution in [0.1, 0.15) is 16.8 Å². The molecule has 0 aromatic heterocycles. The molecule has 1 atom stereocenters. The zero-order chi connectivity index (χ0) is 11.5. The highest BCUT2D eigenvalue weighted by atomic mass is 32.2. The van der Waals surface area contributed by atoms with Gasteiger partial charge in [0.1, 0.15) is 11.6 Å². The van der Waals surface area contributed by atoms with Crippen molar-refractivity contribution in [2.24, 2.45) is 5.92 Å². The Bertz CT molecular complexity index is 400. The van der Waals surface area contributed by atoms with Crippen LogP contribution in [0.15, 0.2) is 18.2 Å². The molecule has 0 bridgehead atoms. The van der Waals surface area contributed by atoms with Crippen LogP contribution in [0.2, 0.25) is 0 Å². The van der Waals surface area contributed by atoms with Gasteiger partial charge in [0.25, 0.3) is 0 Å². The molecule has 86 valence electrons. The molecular formula is C12H13FO2S. The van der Waals surface area contributed by atoms with Crippen LogP contribution < -0.4 is 4.74 Å². The van der Waals surface area contributed by atoms with Gasteiger partial charge in [-0.2, -0.15) is 11.8 Å². The number of ketones is 1. The molecule has 0 N–H and O–H groups in total. The topological polar surface area (TPSA) is 26.3 Å². The van der Waals surface area contributed by atoms with Crippen LogP contribution in [-0.4, -0.2) is 24.4 Å². The minimum absolute atomic E-state index is 0.00125. The number of benzene rings is 1. The molecule has 1 saturated heterocycles. The van der Waals surface area contributed by atoms with Gasteiger partial charge in [-0.1, -0.05) is 0 Å². The average molecular weight is 240 g/mol. The van der Waals surface area contributed by atoms with Gasteiger partial charge >= 0.3 is 0 Å². The molecule has 2 rings (SSSR count). The first-order valence-electron chi connectivity index (χ1n) is 5.18. The number of hydrogen-bond acceptors (Lipinski definition) is 3. The third-order valence-electron chi connectivity index (χ3n) is 2.73. The largest absolute Gasteiger partial charge is 0.496 e. The van der Waals surface area contributed by atoms with Crippen molar-refractivity contribution in [3.05, 3.63) is 29.6 Å². The van der Waals surface area contributed by atoms with Crippen molar-refractivity contribution in [2.75, 3.05) is 18.6 Å². The maximum Gasteiger partial charge on any atom is 0.170 e. The lowest BCUT2D eigenvalue weighted by atomic mass is 9.96. The predicted molar refractivity (Wildman–Crippen MR) is 62.7 cm³/mol. The summed E-state index contributed by atoms with van der Waals surface area (Å²) in [5.74, 6) is 1.92. The number of ether oxygens (including phenoxy) is 1. The molecule has 1 aromatic carbocycles. The molecule has 1 aliphatic rings. The van der Waals surface area contributed by atoms with Crippen molar-refractivity contribution in [1.29, 1.82) is 0 Å². The Kier molecular flexibility index (Phi) is 3.49. The highest BCUT2D eigenvalue weighted by molar-refractivity contribution is 7.99. The van der Waals surface area contributed by atoms with Crippen molar-refractivity contribution < 1.29 is 13.9 Å². The van der Waals surface area contributed by atoms with E-state index in [0.717, 1.165) is 17.9 Å². The summed E-state index contributed by atoms with van der Waals surface area (Å²) in [6.07, 6.45) is 0.878. The van der Waals surface area contributed by atoms with Gasteiger partial charge in [-0.25, -0.2) is 4.39 Å². The molecule has 4 heteroatoms. The molecule has 1 aliphatic heterocycles. The van der Waals surface area contributed by atoms with Gasteiger partial charge in [0, 0.05) is 11.7 Å². The molecule has 0 saturated carbocycles. The number of carbonyl (C=O) groups excluding carboxylic acids is 1. The average Bonchev–Trinajstić information content (AvgIpc) is 2.81. The van der Waals surface area contributed by atoms with Crippen molar-refractivity contribution in [1.82, 2.24) is 0 Å². The van der Waals surface area contributed by atoms with Crippen molar-refractivity contribution in [2.45, 2.75) is 6.42 Å². The van der Waals surface area contributed by atoms with Crippen molar-refractivity contribution >= 4 is 17.5 Å². The Morgan fingerprint density at radius 1 is 1.56 bits per heavy atom. The lowest BCUT2D eigenvalue weighted by Gasteiger charge is -2.11. The molecule has 0 aliphatic carbocycles. The van der Waals surface area contributed by atoms with Gasteiger partial charge in [-0.15, -0.1) is 0 Å². The fourth-order valence-electron chi connectivity index (χ4n) is 1.83. The van der Waals surface area contributed by atoms with Crippen LogP contribution in [0.3, 0.4) is 0 Å². The third kappa shape index (κ3) is 2.21. The van der Waals surface area contributed by atoms with Gasteiger partial charge in [0.05, 0.1) is 12.7 Å². The Hall–Kier alpha value is -1.03. The van der Waals surface area contributed by atoms with Gasteiger partial charge in [0.2, 0.25) is 0 Å². The summed E-state index contributed by atoms with van der Waals surface area (Å²) in [7, 11) is 1.49. The minimum atomic E-state index is -0.394. The molecule has 1 heterocycles. The fourth-order valence-corrected chi connectivity index (χ4v) is 3.05. The van der Waals surface area contributed by atoms with E-state index in [1.165, 1.54) is 25.3 Å². The molecule has 1 fully saturated rings. The maximum atomic E-state index is 13.1. The number of methoxy groups -OCH3 is 1. The van der Waals surface area contributed by atoms with E-state index in [1.807, 2.05) is 0 Å². The first-order chi connectivity index (χ1) is 7.72. The fraction of sp³-hybridized carbons (Fsp3) is 0.417. The molecular weight excluding hydrogens is 227 g/mol. The Morgan fingerprint density at radius 2 is 2.38 bits per heavy atom. The van der Waals surface area contributed by atoms with Crippen LogP contribution in [0, 0.1) is 11.7 Å². The van der Waals surface area contributed by atoms with E-state index in [4.69, 9.17) is 4.74 Å². The summed E-state index contributed by atoms with van der Waals surface area (Å²) in [5, 5.41) is 0. The first kappa shape index (κ1) is 11.5. The van der Waals surface area contributed by atoms with E-state index in [9.17, 15) is 9.18 Å². The number of rotatable bonds is 3. The molecule has 0 spiro atoms. The number of thioether (sulfide) groups is 1. The Labute approximate surface area is 98.2 Å². The normalized spacial score (nSPS) is 19.8. The maximum absolute atomic E-state index is 13.1. The summed E-state index contributed by atoms with van der Waals surface area (Å²) in [6, 6.07) is 4.08. The number of Topliss-reactive ketones (excluding diaryl/α,β-unsaturated/α-hetero) is 1. The van der Waals surface area contributed by atoms with E-state index in [1.54, 1.807) is 11.8 Å². The second-order valence-corrected chi connectivity index (χ2v) is 4.92. The Balaban J connectivity index is 2.30. The molecule has 2 nitrogen and oxygen atoms in total. The van der Waals surface area contributed by atoms with E-state index in [-0.39, 0.29) is 11.7 Å². The smallest absolute Gasteiger partial charge is 0.170 e. The molecule has 0 radical (unpaired) electrons. The second-order valence-electron chi connectivity index (χ2n) is 3.77. The van der Waals surface area contributed by atoms with E-state index in [2.05, 4.69) is 0 Å². The lowest BCUT2D eigenvalue weighted by Crippen LogP contribution is -2.15. The van der Waals surface area contributed by atoms with E-state index >= 15 is 0 Å². The third-order valence-corrected chi connectivity index (χ3v) is 3.89. The Morgan fingerprint density at radius 3 is 3.00 bits per heavy atom. The molecule has 16 heavy (non-hydrogen) atoms. The van der Waals surface area contributed by atoms with E-state index < -0.39 is 5.82 Å². The first-order valence-corrected chi connectivity index (χ1v) is 6.33. The van der Waals surface area contributed by atoms with Crippen LogP contribution in [0.4, 0.5) is 4.39 Å². The zero-order valence-electron chi connectivity index (χ0n) is 9.03. The standard InChI is InChI=1S/C12H13FO2S/c1-15-11-3-2-9(13)6-10(11)12(14)8-4-5-16-7-8/h2-3,6,8H,4-5,7H2,1H3. The number of hydrogen-bond donors (Lipinski definition) is 0. The van der Waals surface area contributed by atoms with Crippen LogP contribution in [-0.2, 0) is 0 Å². The SMILES string of the molecule is COc1ccc(F)cc1C(=O)C1CCSC1. The summed E-state index contributed by atoms with van der Waals surface area (Å²) in [4.78, 5) is 12.1. The van der Waals surface area contributed by atoms with Crippen molar-refractivity contribution in [3.8, 4) is 5.75 Å². The van der Waals surface area contributed by atoms with Gasteiger partial charge in [-0.05, 0) is 30.4 Å². The van der Waals surface area contributed by atoms with E-state index in [0.29, 0.717) is 11.3 Å². The zero-order valence-corrected chi connectivity index (χ0v) is 9.85. The van der Waals surface area contributed by atoms with Crippen LogP contribution in [0.5, 0.6) is 5.75 Å². The van der Waals surface area contributed by atoms with Gasteiger partial charge in [0.15, 0.2) is 5.78 Å². The van der Waals surface area contributed by atoms with Crippen LogP contribution >= 0.6 is 11.8 Å². The summed E-state index contributed by atoms with van der Waals surface area (Å²) in [5.41, 5.74) is 0.370. The highest BCUT2D eigenvalue weighted by Gasteiger charge is 2.26. The summed E-state index contributed by atoms with van der Waals surface area (Å²) < 4.78 is 18.2. The quantitative estimate of drug-likeness (QED) is 0.760. The molecule has 1 unspecified atom stereocenters. The van der Waals surface area contributed by atoms with Crippen LogP contribution in [0.25, 0.3) is 0 Å². The number of carbonyl (C=O) groups is 1. The lowest BCUT2D eigenvalue weighted by molar-refractivity contribution is 0.0930. The summed E-state index contributed by atoms with van der Waals surface area (Å²) in [6.45, 7) is 0. The predicted octanol–water partition coefficient (Wildman–Crippen LogP) is 2.77. The van der Waals surface area contributed by atoms with Crippen molar-refractivity contribution in [3.63, 3.8) is 0 Å². The summed E-state index contributed by atoms with van der Waals surface area (Å²) >= 11 is 1.77. The molecule has 1 aromatic rings. The van der Waals surface area contributed by atoms with Gasteiger partial charge in [-0.3, -0.25) is 4.79 Å². The highest BCUT2D eigenvalue weighted by Crippen LogP contribution is 2.30.